The maximum Gasteiger partial charge on any atom is 0.0208 e. The Morgan fingerprint density at radius 2 is 2.15 bits per heavy atom. The van der Waals surface area contributed by atoms with Crippen molar-refractivity contribution in [3.8, 4) is 0 Å². The second kappa shape index (κ2) is 6.08. The smallest absolute Gasteiger partial charge is 0.0208 e. The molecule has 0 saturated carbocycles. The van der Waals surface area contributed by atoms with Crippen LogP contribution in [0.15, 0.2) is 24.3 Å². The second-order valence-electron chi connectivity index (χ2n) is 6.69. The van der Waals surface area contributed by atoms with Crippen molar-refractivity contribution in [1.82, 2.24) is 10.2 Å². The highest BCUT2D eigenvalue weighted by Gasteiger charge is 2.26. The number of hydrogen-bond donors (Lipinski definition) is 1. The summed E-state index contributed by atoms with van der Waals surface area (Å²) in [6, 6.07) is 8.96. The van der Waals surface area contributed by atoms with Crippen molar-refractivity contribution in [3.05, 3.63) is 35.4 Å². The van der Waals surface area contributed by atoms with E-state index in [1.165, 1.54) is 37.4 Å². The minimum atomic E-state index is 0.456. The first-order valence-corrected chi connectivity index (χ1v) is 8.77. The molecule has 3 heteroatoms. The summed E-state index contributed by atoms with van der Waals surface area (Å²) in [5.74, 6) is 1.93. The normalized spacial score (nSPS) is 26.8. The van der Waals surface area contributed by atoms with Crippen molar-refractivity contribution in [2.24, 2.45) is 0 Å². The minimum Gasteiger partial charge on any atom is -0.312 e. The Labute approximate surface area is 127 Å². The Balaban J connectivity index is 1.67. The van der Waals surface area contributed by atoms with Gasteiger partial charge in [0.1, 0.15) is 0 Å². The molecule has 2 aliphatic heterocycles. The van der Waals surface area contributed by atoms with Crippen molar-refractivity contribution < 1.29 is 0 Å². The zero-order valence-electron chi connectivity index (χ0n) is 12.7. The quantitative estimate of drug-likeness (QED) is 0.901. The largest absolute Gasteiger partial charge is 0.312 e. The molecule has 3 rings (SSSR count). The van der Waals surface area contributed by atoms with E-state index < -0.39 is 0 Å². The van der Waals surface area contributed by atoms with E-state index in [4.69, 9.17) is 0 Å². The van der Waals surface area contributed by atoms with E-state index in [-0.39, 0.29) is 0 Å². The number of nitrogens with one attached hydrogen (secondary N) is 1. The molecule has 1 fully saturated rings. The Morgan fingerprint density at radius 3 is 3.05 bits per heavy atom. The molecule has 0 aromatic heterocycles. The molecule has 1 aromatic carbocycles. The van der Waals surface area contributed by atoms with Crippen LogP contribution in [0.2, 0.25) is 0 Å². The van der Waals surface area contributed by atoms with Gasteiger partial charge in [-0.1, -0.05) is 38.1 Å². The molecule has 0 amide bonds. The lowest BCUT2D eigenvalue weighted by molar-refractivity contribution is 0.259. The standard InChI is InChI=1S/C17H26N2S/c1-17(2)7-8-19(9-10-20-17)13-15-12-18-11-14-5-3-4-6-16(14)15/h3-6,15,18H,7-13H2,1-2H3. The maximum absolute atomic E-state index is 3.58. The van der Waals surface area contributed by atoms with Gasteiger partial charge in [0, 0.05) is 42.6 Å². The summed E-state index contributed by atoms with van der Waals surface area (Å²) in [5, 5.41) is 3.58. The molecule has 2 heterocycles. The topological polar surface area (TPSA) is 15.3 Å². The van der Waals surface area contributed by atoms with Crippen LogP contribution < -0.4 is 5.32 Å². The Morgan fingerprint density at radius 1 is 1.30 bits per heavy atom. The minimum absolute atomic E-state index is 0.456. The van der Waals surface area contributed by atoms with Crippen molar-refractivity contribution >= 4 is 11.8 Å². The van der Waals surface area contributed by atoms with Crippen LogP contribution in [-0.4, -0.2) is 41.6 Å². The first-order valence-electron chi connectivity index (χ1n) is 7.79. The Bertz CT molecular complexity index is 458. The highest BCUT2D eigenvalue weighted by atomic mass is 32.2. The Kier molecular flexibility index (Phi) is 4.39. The SMILES string of the molecule is CC1(C)CCN(CC2CNCc3ccccc32)CCS1. The van der Waals surface area contributed by atoms with Crippen molar-refractivity contribution in [2.75, 3.05) is 31.9 Å². The molecule has 0 spiro atoms. The van der Waals surface area contributed by atoms with E-state index in [0.29, 0.717) is 10.7 Å². The second-order valence-corrected chi connectivity index (χ2v) is 8.49. The molecule has 1 atom stereocenters. The summed E-state index contributed by atoms with van der Waals surface area (Å²) in [6.45, 7) is 10.6. The molecule has 20 heavy (non-hydrogen) atoms. The summed E-state index contributed by atoms with van der Waals surface area (Å²) in [6.07, 6.45) is 1.31. The number of thioether (sulfide) groups is 1. The van der Waals surface area contributed by atoms with Crippen molar-refractivity contribution in [3.63, 3.8) is 0 Å². The number of nitrogens with zero attached hydrogens (tertiary/aromatic N) is 1. The van der Waals surface area contributed by atoms with Gasteiger partial charge < -0.3 is 10.2 Å². The highest BCUT2D eigenvalue weighted by Crippen LogP contribution is 2.32. The molecule has 0 bridgehead atoms. The average Bonchev–Trinajstić information content (AvgIpc) is 2.61. The Hall–Kier alpha value is -0.510. The molecule has 2 aliphatic rings. The highest BCUT2D eigenvalue weighted by molar-refractivity contribution is 8.00. The van der Waals surface area contributed by atoms with Crippen LogP contribution in [0, 0.1) is 0 Å². The number of hydrogen-bond acceptors (Lipinski definition) is 3. The van der Waals surface area contributed by atoms with Gasteiger partial charge in [0.05, 0.1) is 0 Å². The molecular weight excluding hydrogens is 264 g/mol. The molecule has 1 N–H and O–H groups in total. The average molecular weight is 290 g/mol. The zero-order chi connectivity index (χ0) is 14.0. The van der Waals surface area contributed by atoms with Gasteiger partial charge in [-0.25, -0.2) is 0 Å². The van der Waals surface area contributed by atoms with Gasteiger partial charge >= 0.3 is 0 Å². The van der Waals surface area contributed by atoms with E-state index in [0.717, 1.165) is 13.1 Å². The molecule has 2 nitrogen and oxygen atoms in total. The monoisotopic (exact) mass is 290 g/mol. The predicted octanol–water partition coefficient (Wildman–Crippen LogP) is 3.09. The first-order chi connectivity index (χ1) is 9.64. The van der Waals surface area contributed by atoms with E-state index in [1.807, 2.05) is 0 Å². The third kappa shape index (κ3) is 3.38. The lowest BCUT2D eigenvalue weighted by Gasteiger charge is -2.31. The van der Waals surface area contributed by atoms with Gasteiger partial charge in [-0.15, -0.1) is 0 Å². The fourth-order valence-corrected chi connectivity index (χ4v) is 4.44. The predicted molar refractivity (Wildman–Crippen MR) is 88.5 cm³/mol. The lowest BCUT2D eigenvalue weighted by atomic mass is 9.90. The summed E-state index contributed by atoms with van der Waals surface area (Å²) in [7, 11) is 0. The molecule has 1 aromatic rings. The van der Waals surface area contributed by atoms with Gasteiger partial charge in [-0.2, -0.15) is 11.8 Å². The van der Waals surface area contributed by atoms with Crippen LogP contribution in [0.3, 0.4) is 0 Å². The van der Waals surface area contributed by atoms with Crippen LogP contribution in [0.25, 0.3) is 0 Å². The molecule has 1 saturated heterocycles. The van der Waals surface area contributed by atoms with Crippen LogP contribution in [-0.2, 0) is 6.54 Å². The van der Waals surface area contributed by atoms with E-state index in [9.17, 15) is 0 Å². The van der Waals surface area contributed by atoms with Gasteiger partial charge in [0.25, 0.3) is 0 Å². The summed E-state index contributed by atoms with van der Waals surface area (Å²) in [5.41, 5.74) is 3.07. The van der Waals surface area contributed by atoms with Gasteiger partial charge in [-0.05, 0) is 24.1 Å². The van der Waals surface area contributed by atoms with Crippen LogP contribution in [0.4, 0.5) is 0 Å². The fraction of sp³-hybridized carbons (Fsp3) is 0.647. The summed E-state index contributed by atoms with van der Waals surface area (Å²) in [4.78, 5) is 2.68. The van der Waals surface area contributed by atoms with Gasteiger partial charge in [0.15, 0.2) is 0 Å². The first kappa shape index (κ1) is 14.4. The number of benzene rings is 1. The molecular formula is C17H26N2S. The summed E-state index contributed by atoms with van der Waals surface area (Å²) < 4.78 is 0.456. The van der Waals surface area contributed by atoms with Crippen LogP contribution >= 0.6 is 11.8 Å². The van der Waals surface area contributed by atoms with Gasteiger partial charge in [0.2, 0.25) is 0 Å². The zero-order valence-corrected chi connectivity index (χ0v) is 13.5. The number of fused-ring (bicyclic) bond motifs is 1. The summed E-state index contributed by atoms with van der Waals surface area (Å²) >= 11 is 2.14. The van der Waals surface area contributed by atoms with E-state index >= 15 is 0 Å². The van der Waals surface area contributed by atoms with E-state index in [2.05, 4.69) is 60.1 Å². The molecule has 0 aliphatic carbocycles. The lowest BCUT2D eigenvalue weighted by Crippen LogP contribution is -2.38. The number of rotatable bonds is 2. The molecule has 0 radical (unpaired) electrons. The van der Waals surface area contributed by atoms with Crippen LogP contribution in [0.1, 0.15) is 37.3 Å². The van der Waals surface area contributed by atoms with E-state index in [1.54, 1.807) is 5.56 Å². The van der Waals surface area contributed by atoms with Crippen LogP contribution in [0.5, 0.6) is 0 Å². The van der Waals surface area contributed by atoms with Gasteiger partial charge in [-0.3, -0.25) is 0 Å². The van der Waals surface area contributed by atoms with Crippen molar-refractivity contribution in [1.29, 1.82) is 0 Å². The third-order valence-corrected chi connectivity index (χ3v) is 5.98. The molecule has 1 unspecified atom stereocenters. The molecule has 110 valence electrons. The maximum atomic E-state index is 3.58. The van der Waals surface area contributed by atoms with Crippen molar-refractivity contribution in [2.45, 2.75) is 37.5 Å². The third-order valence-electron chi connectivity index (χ3n) is 4.61. The fourth-order valence-electron chi connectivity index (χ4n) is 3.30.